The number of nitrogens with two attached hydrogens (primary N) is 1. The largest absolute Gasteiger partial charge is 0.330 e. The molecule has 1 fully saturated rings. The fraction of sp³-hybridized carbons (Fsp3) is 0.750. The molecule has 3 heteroatoms. The third-order valence-corrected chi connectivity index (χ3v) is 5.02. The van der Waals surface area contributed by atoms with Crippen LogP contribution in [0, 0.1) is 0 Å². The molecule has 1 unspecified atom stereocenters. The summed E-state index contributed by atoms with van der Waals surface area (Å²) in [6.45, 7) is 7.39. The topological polar surface area (TPSA) is 38.9 Å². The van der Waals surface area contributed by atoms with E-state index in [0.717, 1.165) is 6.42 Å². The van der Waals surface area contributed by atoms with Crippen molar-refractivity contribution in [3.05, 3.63) is 16.1 Å². The highest BCUT2D eigenvalue weighted by Gasteiger charge is 2.42. The molecule has 0 radical (unpaired) electrons. The van der Waals surface area contributed by atoms with Crippen LogP contribution in [0.5, 0.6) is 0 Å². The average molecular weight is 224 g/mol. The van der Waals surface area contributed by atoms with Crippen LogP contribution in [0.15, 0.2) is 5.38 Å². The Hall–Kier alpha value is -0.410. The Labute approximate surface area is 95.9 Å². The summed E-state index contributed by atoms with van der Waals surface area (Å²) < 4.78 is 0. The summed E-state index contributed by atoms with van der Waals surface area (Å²) in [6.07, 6.45) is 3.65. The van der Waals surface area contributed by atoms with Crippen molar-refractivity contribution in [2.75, 3.05) is 6.54 Å². The highest BCUT2D eigenvalue weighted by Crippen LogP contribution is 2.49. The number of hydrogen-bond acceptors (Lipinski definition) is 3. The third kappa shape index (κ3) is 1.83. The summed E-state index contributed by atoms with van der Waals surface area (Å²) in [5.41, 5.74) is 7.51. The molecule has 1 aliphatic carbocycles. The van der Waals surface area contributed by atoms with Crippen LogP contribution in [-0.4, -0.2) is 11.5 Å². The monoisotopic (exact) mass is 224 g/mol. The molecule has 1 aromatic rings. The smallest absolute Gasteiger partial charge is 0.0987 e. The van der Waals surface area contributed by atoms with Gasteiger partial charge in [-0.1, -0.05) is 20.8 Å². The maximum absolute atomic E-state index is 5.85. The zero-order chi connectivity index (χ0) is 11.1. The highest BCUT2D eigenvalue weighted by atomic mass is 32.1. The van der Waals surface area contributed by atoms with E-state index in [1.807, 2.05) is 11.3 Å². The van der Waals surface area contributed by atoms with Crippen LogP contribution in [0.3, 0.4) is 0 Å². The average Bonchev–Trinajstić information content (AvgIpc) is 2.83. The first-order valence-electron chi connectivity index (χ1n) is 5.71. The second-order valence-electron chi connectivity index (χ2n) is 5.22. The molecular weight excluding hydrogens is 204 g/mol. The standard InChI is InChI=1S/C12H20N2S/c1-4-11(2,8-13)9-7-15-10(14-9)12(3)5-6-12/h7H,4-6,8,13H2,1-3H3. The van der Waals surface area contributed by atoms with Gasteiger partial charge in [-0.3, -0.25) is 0 Å². The summed E-state index contributed by atoms with van der Waals surface area (Å²) in [5.74, 6) is 0. The van der Waals surface area contributed by atoms with Crippen LogP contribution < -0.4 is 5.73 Å². The minimum atomic E-state index is 0.0694. The van der Waals surface area contributed by atoms with Gasteiger partial charge in [-0.25, -0.2) is 4.98 Å². The minimum absolute atomic E-state index is 0.0694. The Morgan fingerprint density at radius 3 is 2.73 bits per heavy atom. The highest BCUT2D eigenvalue weighted by molar-refractivity contribution is 7.09. The molecule has 2 nitrogen and oxygen atoms in total. The lowest BCUT2D eigenvalue weighted by Gasteiger charge is -2.23. The fourth-order valence-electron chi connectivity index (χ4n) is 1.66. The van der Waals surface area contributed by atoms with Gasteiger partial charge in [-0.15, -0.1) is 11.3 Å². The van der Waals surface area contributed by atoms with E-state index in [9.17, 15) is 0 Å². The summed E-state index contributed by atoms with van der Waals surface area (Å²) in [6, 6.07) is 0. The van der Waals surface area contributed by atoms with Gasteiger partial charge in [-0.05, 0) is 19.3 Å². The molecule has 2 rings (SSSR count). The van der Waals surface area contributed by atoms with E-state index in [0.29, 0.717) is 12.0 Å². The Morgan fingerprint density at radius 1 is 1.60 bits per heavy atom. The van der Waals surface area contributed by atoms with Gasteiger partial charge >= 0.3 is 0 Å². The molecule has 2 N–H and O–H groups in total. The molecule has 0 saturated heterocycles. The molecular formula is C12H20N2S. The van der Waals surface area contributed by atoms with Crippen LogP contribution in [0.4, 0.5) is 0 Å². The first kappa shape index (κ1) is 11.1. The Kier molecular flexibility index (Phi) is 2.63. The van der Waals surface area contributed by atoms with Crippen molar-refractivity contribution in [1.82, 2.24) is 4.98 Å². The van der Waals surface area contributed by atoms with Gasteiger partial charge in [0.15, 0.2) is 0 Å². The van der Waals surface area contributed by atoms with E-state index in [4.69, 9.17) is 10.7 Å². The van der Waals surface area contributed by atoms with Crippen molar-refractivity contribution in [1.29, 1.82) is 0 Å². The minimum Gasteiger partial charge on any atom is -0.330 e. The van der Waals surface area contributed by atoms with Gasteiger partial charge in [0.1, 0.15) is 0 Å². The molecule has 0 amide bonds. The second kappa shape index (κ2) is 3.56. The predicted octanol–water partition coefficient (Wildman–Crippen LogP) is 2.82. The summed E-state index contributed by atoms with van der Waals surface area (Å²) in [5, 5.41) is 3.51. The summed E-state index contributed by atoms with van der Waals surface area (Å²) in [4.78, 5) is 4.80. The number of nitrogens with zero attached hydrogens (tertiary/aromatic N) is 1. The molecule has 0 bridgehead atoms. The van der Waals surface area contributed by atoms with Gasteiger partial charge < -0.3 is 5.73 Å². The van der Waals surface area contributed by atoms with Gasteiger partial charge in [0.25, 0.3) is 0 Å². The SMILES string of the molecule is CCC(C)(CN)c1csc(C2(C)CC2)n1. The van der Waals surface area contributed by atoms with Crippen LogP contribution in [0.25, 0.3) is 0 Å². The Balaban J connectivity index is 2.26. The van der Waals surface area contributed by atoms with Gasteiger partial charge in [0.05, 0.1) is 10.7 Å². The molecule has 0 aromatic carbocycles. The summed E-state index contributed by atoms with van der Waals surface area (Å²) in [7, 11) is 0. The van der Waals surface area contributed by atoms with Crippen LogP contribution in [0.2, 0.25) is 0 Å². The number of rotatable bonds is 4. The molecule has 1 atom stereocenters. The number of aromatic nitrogens is 1. The van der Waals surface area contributed by atoms with Crippen molar-refractivity contribution in [3.63, 3.8) is 0 Å². The van der Waals surface area contributed by atoms with Gasteiger partial charge in [-0.2, -0.15) is 0 Å². The maximum atomic E-state index is 5.85. The first-order chi connectivity index (χ1) is 7.04. The van der Waals surface area contributed by atoms with Crippen molar-refractivity contribution >= 4 is 11.3 Å². The molecule has 1 aromatic heterocycles. The lowest BCUT2D eigenvalue weighted by molar-refractivity contribution is 0.454. The number of thiazole rings is 1. The normalized spacial score (nSPS) is 22.4. The lowest BCUT2D eigenvalue weighted by Crippen LogP contribution is -2.31. The maximum Gasteiger partial charge on any atom is 0.0987 e. The van der Waals surface area contributed by atoms with Gasteiger partial charge in [0, 0.05) is 22.8 Å². The van der Waals surface area contributed by atoms with E-state index in [1.54, 1.807) is 0 Å². The molecule has 0 aliphatic heterocycles. The quantitative estimate of drug-likeness (QED) is 0.854. The van der Waals surface area contributed by atoms with Gasteiger partial charge in [0.2, 0.25) is 0 Å². The van der Waals surface area contributed by atoms with Crippen molar-refractivity contribution in [3.8, 4) is 0 Å². The summed E-state index contributed by atoms with van der Waals surface area (Å²) >= 11 is 1.81. The molecule has 84 valence electrons. The zero-order valence-electron chi connectivity index (χ0n) is 9.84. The molecule has 1 aliphatic rings. The van der Waals surface area contributed by atoms with E-state index in [2.05, 4.69) is 26.2 Å². The van der Waals surface area contributed by atoms with Crippen molar-refractivity contribution < 1.29 is 0 Å². The Bertz CT molecular complexity index is 348. The number of hydrogen-bond donors (Lipinski definition) is 1. The molecule has 1 heterocycles. The Morgan fingerprint density at radius 2 is 2.27 bits per heavy atom. The predicted molar refractivity (Wildman–Crippen MR) is 65.4 cm³/mol. The van der Waals surface area contributed by atoms with Crippen molar-refractivity contribution in [2.45, 2.75) is 50.9 Å². The van der Waals surface area contributed by atoms with Crippen molar-refractivity contribution in [2.24, 2.45) is 5.73 Å². The molecule has 0 spiro atoms. The molecule has 1 saturated carbocycles. The van der Waals surface area contributed by atoms with Crippen LogP contribution >= 0.6 is 11.3 Å². The molecule has 15 heavy (non-hydrogen) atoms. The fourth-order valence-corrected chi connectivity index (χ4v) is 2.86. The van der Waals surface area contributed by atoms with Crippen LogP contribution in [0.1, 0.15) is 50.7 Å². The second-order valence-corrected chi connectivity index (χ2v) is 6.07. The first-order valence-corrected chi connectivity index (χ1v) is 6.58. The van der Waals surface area contributed by atoms with Crippen LogP contribution in [-0.2, 0) is 10.8 Å². The van der Waals surface area contributed by atoms with E-state index < -0.39 is 0 Å². The lowest BCUT2D eigenvalue weighted by atomic mass is 9.85. The van der Waals surface area contributed by atoms with E-state index in [1.165, 1.54) is 23.5 Å². The van der Waals surface area contributed by atoms with E-state index >= 15 is 0 Å². The zero-order valence-corrected chi connectivity index (χ0v) is 10.7. The van der Waals surface area contributed by atoms with E-state index in [-0.39, 0.29) is 5.41 Å². The third-order valence-electron chi connectivity index (χ3n) is 3.87.